The number of benzene rings is 1. The van der Waals surface area contributed by atoms with Gasteiger partial charge in [-0.2, -0.15) is 13.2 Å². The first-order valence-electron chi connectivity index (χ1n) is 11.1. The van der Waals surface area contributed by atoms with Crippen LogP contribution in [0.4, 0.5) is 13.2 Å². The van der Waals surface area contributed by atoms with Crippen molar-refractivity contribution in [3.63, 3.8) is 0 Å². The lowest BCUT2D eigenvalue weighted by molar-refractivity contribution is -0.138. The Balaban J connectivity index is 1.40. The lowest BCUT2D eigenvalue weighted by Crippen LogP contribution is -2.53. The van der Waals surface area contributed by atoms with E-state index in [-0.39, 0.29) is 29.7 Å². The zero-order valence-electron chi connectivity index (χ0n) is 19.1. The Morgan fingerprint density at radius 3 is 2.67 bits per heavy atom. The third kappa shape index (κ3) is 5.05. The van der Waals surface area contributed by atoms with Crippen molar-refractivity contribution in [2.24, 2.45) is 5.92 Å². The van der Waals surface area contributed by atoms with Crippen LogP contribution in [0.1, 0.15) is 41.3 Å². The fraction of sp³-hybridized carbons (Fsp3) is 0.440. The summed E-state index contributed by atoms with van der Waals surface area (Å²) in [5.74, 6) is 0.813. The van der Waals surface area contributed by atoms with Gasteiger partial charge in [-0.15, -0.1) is 0 Å². The van der Waals surface area contributed by atoms with Crippen molar-refractivity contribution in [1.29, 1.82) is 0 Å². The van der Waals surface area contributed by atoms with Crippen LogP contribution >= 0.6 is 0 Å². The number of hydrogen-bond donors (Lipinski definition) is 1. The molecule has 2 aromatic rings. The molecule has 0 radical (unpaired) electrons. The van der Waals surface area contributed by atoms with Gasteiger partial charge in [-0.3, -0.25) is 14.7 Å². The number of pyridine rings is 1. The SMILES string of the molecule is CNC(=O)C1CN(CC2=C(C)c3ccc(OCc4cc(C(F)(F)F)c(C)cn4)cc3CC2)C1. The summed E-state index contributed by atoms with van der Waals surface area (Å²) in [5.41, 5.74) is 4.65. The van der Waals surface area contributed by atoms with E-state index in [4.69, 9.17) is 4.74 Å². The second-order valence-corrected chi connectivity index (χ2v) is 8.83. The zero-order valence-corrected chi connectivity index (χ0v) is 19.1. The summed E-state index contributed by atoms with van der Waals surface area (Å²) < 4.78 is 45.2. The molecule has 2 aliphatic rings. The summed E-state index contributed by atoms with van der Waals surface area (Å²) in [5, 5.41) is 2.71. The Morgan fingerprint density at radius 2 is 1.97 bits per heavy atom. The van der Waals surface area contributed by atoms with Crippen LogP contribution in [0.25, 0.3) is 5.57 Å². The maximum Gasteiger partial charge on any atom is 0.416 e. The number of amides is 1. The standard InChI is InChI=1S/C25H28F3N3O2/c1-15-10-30-20(9-23(15)25(26,27)28)14-33-21-6-7-22-16(2)18(5-4-17(22)8-21)11-31-12-19(13-31)24(32)29-3/h6-10,19H,4-5,11-14H2,1-3H3,(H,29,32). The summed E-state index contributed by atoms with van der Waals surface area (Å²) in [6, 6.07) is 6.90. The number of carbonyl (C=O) groups excluding carboxylic acids is 1. The molecule has 1 saturated heterocycles. The fourth-order valence-electron chi connectivity index (χ4n) is 4.54. The third-order valence-electron chi connectivity index (χ3n) is 6.55. The summed E-state index contributed by atoms with van der Waals surface area (Å²) >= 11 is 0. The van der Waals surface area contributed by atoms with Gasteiger partial charge in [0, 0.05) is 32.9 Å². The van der Waals surface area contributed by atoms with E-state index in [1.165, 1.54) is 35.4 Å². The highest BCUT2D eigenvalue weighted by atomic mass is 19.4. The summed E-state index contributed by atoms with van der Waals surface area (Å²) in [6.45, 7) is 5.95. The van der Waals surface area contributed by atoms with Crippen molar-refractivity contribution < 1.29 is 22.7 Å². The Hall–Kier alpha value is -2.87. The molecule has 4 rings (SSSR count). The van der Waals surface area contributed by atoms with Crippen LogP contribution in [-0.2, 0) is 24.0 Å². The molecule has 33 heavy (non-hydrogen) atoms. The summed E-state index contributed by atoms with van der Waals surface area (Å²) in [4.78, 5) is 18.1. The quantitative estimate of drug-likeness (QED) is 0.697. The number of fused-ring (bicyclic) bond motifs is 1. The molecule has 1 amide bonds. The van der Waals surface area contributed by atoms with Gasteiger partial charge in [0.1, 0.15) is 12.4 Å². The fourth-order valence-corrected chi connectivity index (χ4v) is 4.54. The van der Waals surface area contributed by atoms with Gasteiger partial charge in [0.25, 0.3) is 0 Å². The Morgan fingerprint density at radius 1 is 1.21 bits per heavy atom. The molecule has 1 aliphatic carbocycles. The molecule has 1 fully saturated rings. The molecule has 1 N–H and O–H groups in total. The largest absolute Gasteiger partial charge is 0.487 e. The molecule has 0 spiro atoms. The number of aryl methyl sites for hydroxylation is 2. The first-order chi connectivity index (χ1) is 15.7. The average Bonchev–Trinajstić information content (AvgIpc) is 2.75. The van der Waals surface area contributed by atoms with Crippen molar-refractivity contribution in [2.45, 2.75) is 39.5 Å². The van der Waals surface area contributed by atoms with Gasteiger partial charge in [0.2, 0.25) is 5.91 Å². The molecule has 176 valence electrons. The van der Waals surface area contributed by atoms with Crippen LogP contribution in [-0.4, -0.2) is 42.5 Å². The summed E-state index contributed by atoms with van der Waals surface area (Å²) in [6.07, 6.45) is -1.35. The number of halogens is 3. The Kier molecular flexibility index (Phi) is 6.47. The lowest BCUT2D eigenvalue weighted by atomic mass is 9.85. The highest BCUT2D eigenvalue weighted by Gasteiger charge is 2.33. The van der Waals surface area contributed by atoms with Gasteiger partial charge in [-0.25, -0.2) is 0 Å². The van der Waals surface area contributed by atoms with Crippen molar-refractivity contribution in [1.82, 2.24) is 15.2 Å². The minimum absolute atomic E-state index is 0.0241. The molecule has 5 nitrogen and oxygen atoms in total. The van der Waals surface area contributed by atoms with Gasteiger partial charge in [-0.1, -0.05) is 11.6 Å². The van der Waals surface area contributed by atoms with Gasteiger partial charge in [0.05, 0.1) is 17.2 Å². The number of carbonyl (C=O) groups is 1. The van der Waals surface area contributed by atoms with E-state index in [0.717, 1.165) is 38.5 Å². The third-order valence-corrected chi connectivity index (χ3v) is 6.55. The van der Waals surface area contributed by atoms with Crippen molar-refractivity contribution in [3.05, 3.63) is 64.0 Å². The molecule has 0 saturated carbocycles. The maximum absolute atomic E-state index is 13.1. The highest BCUT2D eigenvalue weighted by Crippen LogP contribution is 2.35. The normalized spacial score (nSPS) is 16.9. The van der Waals surface area contributed by atoms with Crippen LogP contribution in [0.15, 0.2) is 36.0 Å². The number of alkyl halides is 3. The van der Waals surface area contributed by atoms with Crippen molar-refractivity contribution in [2.75, 3.05) is 26.7 Å². The number of rotatable bonds is 6. The van der Waals surface area contributed by atoms with Gasteiger partial charge >= 0.3 is 6.18 Å². The maximum atomic E-state index is 13.1. The number of aromatic nitrogens is 1. The molecule has 0 atom stereocenters. The Bertz CT molecular complexity index is 1090. The van der Waals surface area contributed by atoms with E-state index in [2.05, 4.69) is 22.1 Å². The Labute approximate surface area is 191 Å². The molecular formula is C25H28F3N3O2. The van der Waals surface area contributed by atoms with Gasteiger partial charge < -0.3 is 10.1 Å². The summed E-state index contributed by atoms with van der Waals surface area (Å²) in [7, 11) is 1.67. The molecule has 8 heteroatoms. The molecule has 1 aliphatic heterocycles. The van der Waals surface area contributed by atoms with Crippen LogP contribution in [0.3, 0.4) is 0 Å². The van der Waals surface area contributed by atoms with E-state index < -0.39 is 11.7 Å². The smallest absolute Gasteiger partial charge is 0.416 e. The number of hydrogen-bond acceptors (Lipinski definition) is 4. The van der Waals surface area contributed by atoms with Crippen LogP contribution in [0.5, 0.6) is 5.75 Å². The number of nitrogens with one attached hydrogen (secondary N) is 1. The number of ether oxygens (including phenoxy) is 1. The van der Waals surface area contributed by atoms with E-state index in [9.17, 15) is 18.0 Å². The van der Waals surface area contributed by atoms with E-state index in [0.29, 0.717) is 5.75 Å². The molecule has 0 bridgehead atoms. The second kappa shape index (κ2) is 9.17. The molecule has 1 aromatic carbocycles. The van der Waals surface area contributed by atoms with Crippen LogP contribution in [0.2, 0.25) is 0 Å². The second-order valence-electron chi connectivity index (χ2n) is 8.83. The average molecular weight is 460 g/mol. The predicted molar refractivity (Wildman–Crippen MR) is 120 cm³/mol. The molecular weight excluding hydrogens is 431 g/mol. The number of nitrogens with zero attached hydrogens (tertiary/aromatic N) is 2. The van der Waals surface area contributed by atoms with E-state index in [1.807, 2.05) is 18.2 Å². The number of likely N-dealkylation sites (tertiary alicyclic amines) is 1. The molecule has 2 heterocycles. The first-order valence-corrected chi connectivity index (χ1v) is 11.1. The lowest BCUT2D eigenvalue weighted by Gasteiger charge is -2.39. The van der Waals surface area contributed by atoms with Crippen molar-refractivity contribution >= 4 is 11.5 Å². The first kappa shape index (κ1) is 23.3. The van der Waals surface area contributed by atoms with Crippen LogP contribution in [0, 0.1) is 12.8 Å². The zero-order chi connectivity index (χ0) is 23.8. The number of allylic oxidation sites excluding steroid dienone is 1. The van der Waals surface area contributed by atoms with E-state index in [1.54, 1.807) is 7.05 Å². The van der Waals surface area contributed by atoms with Crippen LogP contribution < -0.4 is 10.1 Å². The predicted octanol–water partition coefficient (Wildman–Crippen LogP) is 4.39. The van der Waals surface area contributed by atoms with E-state index >= 15 is 0 Å². The minimum atomic E-state index is -4.41. The highest BCUT2D eigenvalue weighted by molar-refractivity contribution is 5.79. The van der Waals surface area contributed by atoms with Gasteiger partial charge in [0.15, 0.2) is 0 Å². The van der Waals surface area contributed by atoms with Crippen molar-refractivity contribution in [3.8, 4) is 5.75 Å². The monoisotopic (exact) mass is 459 g/mol. The van der Waals surface area contributed by atoms with Gasteiger partial charge in [-0.05, 0) is 67.2 Å². The topological polar surface area (TPSA) is 54.5 Å². The minimum Gasteiger partial charge on any atom is -0.487 e. The molecule has 0 unspecified atom stereocenters. The molecule has 1 aromatic heterocycles.